The highest BCUT2D eigenvalue weighted by Crippen LogP contribution is 2.16. The number of hydrogen-bond donors (Lipinski definition) is 1. The second-order valence-corrected chi connectivity index (χ2v) is 6.25. The monoisotopic (exact) mass is 310 g/mol. The Balaban J connectivity index is 1.80. The summed E-state index contributed by atoms with van der Waals surface area (Å²) in [5, 5.41) is 13.7. The van der Waals surface area contributed by atoms with Crippen LogP contribution in [-0.4, -0.2) is 33.0 Å². The summed E-state index contributed by atoms with van der Waals surface area (Å²) in [6, 6.07) is 4.18. The fourth-order valence-electron chi connectivity index (χ4n) is 1.64. The smallest absolute Gasteiger partial charge is 0.230 e. The summed E-state index contributed by atoms with van der Waals surface area (Å²) in [6.07, 6.45) is 3.64. The second-order valence-electron chi connectivity index (χ2n) is 4.27. The van der Waals surface area contributed by atoms with Gasteiger partial charge in [0.05, 0.1) is 5.75 Å². The number of aryl methyl sites for hydroxylation is 2. The summed E-state index contributed by atoms with van der Waals surface area (Å²) in [5.74, 6) is 0.433. The quantitative estimate of drug-likeness (QED) is 0.759. The summed E-state index contributed by atoms with van der Waals surface area (Å²) in [4.78, 5) is 12.9. The number of rotatable bonds is 8. The minimum Gasteiger partial charge on any atom is -0.355 e. The van der Waals surface area contributed by atoms with Crippen LogP contribution in [-0.2, 0) is 17.8 Å². The molecule has 0 aromatic carbocycles. The minimum atomic E-state index is 0.0460. The first-order valence-corrected chi connectivity index (χ1v) is 8.45. The maximum atomic E-state index is 11.6. The van der Waals surface area contributed by atoms with Gasteiger partial charge in [0, 0.05) is 18.0 Å². The molecule has 0 atom stereocenters. The van der Waals surface area contributed by atoms with Crippen molar-refractivity contribution in [3.05, 3.63) is 28.7 Å². The number of amides is 1. The van der Waals surface area contributed by atoms with E-state index < -0.39 is 0 Å². The van der Waals surface area contributed by atoms with Gasteiger partial charge < -0.3 is 9.88 Å². The maximum Gasteiger partial charge on any atom is 0.230 e. The normalized spacial score (nSPS) is 10.7. The number of hydrogen-bond acceptors (Lipinski definition) is 5. The Kier molecular flexibility index (Phi) is 6.07. The Bertz CT molecular complexity index is 524. The molecule has 2 aromatic heterocycles. The average molecular weight is 310 g/mol. The van der Waals surface area contributed by atoms with Gasteiger partial charge in [-0.15, -0.1) is 21.5 Å². The fraction of sp³-hybridized carbons (Fsp3) is 0.462. The molecule has 0 aliphatic carbocycles. The standard InChI is InChI=1S/C13H18N4OS2/c1-2-6-14-12(18)9-20-13-16-15-10-17(13)7-5-11-4-3-8-19-11/h3-4,8,10H,2,5-7,9H2,1H3,(H,14,18). The number of thiophene rings is 1. The van der Waals surface area contributed by atoms with Crippen molar-refractivity contribution in [1.29, 1.82) is 0 Å². The van der Waals surface area contributed by atoms with E-state index in [4.69, 9.17) is 0 Å². The third kappa shape index (κ3) is 4.64. The van der Waals surface area contributed by atoms with Gasteiger partial charge >= 0.3 is 0 Å². The van der Waals surface area contributed by atoms with Crippen molar-refractivity contribution in [2.45, 2.75) is 31.5 Å². The van der Waals surface area contributed by atoms with E-state index in [0.29, 0.717) is 5.75 Å². The van der Waals surface area contributed by atoms with Crippen LogP contribution < -0.4 is 5.32 Å². The van der Waals surface area contributed by atoms with E-state index in [-0.39, 0.29) is 5.91 Å². The van der Waals surface area contributed by atoms with Crippen LogP contribution in [0.5, 0.6) is 0 Å². The van der Waals surface area contributed by atoms with Gasteiger partial charge in [-0.05, 0) is 24.3 Å². The third-order valence-corrected chi connectivity index (χ3v) is 4.58. The first-order chi connectivity index (χ1) is 9.79. The lowest BCUT2D eigenvalue weighted by molar-refractivity contribution is -0.118. The van der Waals surface area contributed by atoms with E-state index in [9.17, 15) is 4.79 Å². The zero-order valence-corrected chi connectivity index (χ0v) is 13.0. The zero-order chi connectivity index (χ0) is 14.2. The van der Waals surface area contributed by atoms with Crippen LogP contribution in [0.15, 0.2) is 29.0 Å². The molecule has 0 aliphatic rings. The highest BCUT2D eigenvalue weighted by atomic mass is 32.2. The third-order valence-electron chi connectivity index (χ3n) is 2.66. The summed E-state index contributed by atoms with van der Waals surface area (Å²) >= 11 is 3.18. The molecule has 0 radical (unpaired) electrons. The number of nitrogens with one attached hydrogen (secondary N) is 1. The van der Waals surface area contributed by atoms with E-state index in [2.05, 4.69) is 33.0 Å². The molecule has 0 unspecified atom stereocenters. The Labute approximate surface area is 126 Å². The number of thioether (sulfide) groups is 1. The zero-order valence-electron chi connectivity index (χ0n) is 11.4. The molecule has 0 saturated heterocycles. The predicted octanol–water partition coefficient (Wildman–Crippen LogP) is 2.20. The Morgan fingerprint density at radius 3 is 3.20 bits per heavy atom. The van der Waals surface area contributed by atoms with Crippen molar-refractivity contribution >= 4 is 29.0 Å². The molecule has 108 valence electrons. The highest BCUT2D eigenvalue weighted by Gasteiger charge is 2.08. The van der Waals surface area contributed by atoms with Crippen LogP contribution in [0.4, 0.5) is 0 Å². The molecular weight excluding hydrogens is 292 g/mol. The summed E-state index contributed by atoms with van der Waals surface area (Å²) < 4.78 is 2.00. The molecule has 7 heteroatoms. The number of aromatic nitrogens is 3. The van der Waals surface area contributed by atoms with Gasteiger partial charge in [0.2, 0.25) is 5.91 Å². The molecule has 5 nitrogen and oxygen atoms in total. The number of carbonyl (C=O) groups excluding carboxylic acids is 1. The first kappa shape index (κ1) is 15.1. The average Bonchev–Trinajstić information content (AvgIpc) is 3.11. The van der Waals surface area contributed by atoms with Gasteiger partial charge in [-0.25, -0.2) is 0 Å². The van der Waals surface area contributed by atoms with Gasteiger partial charge in [-0.1, -0.05) is 24.8 Å². The molecular formula is C13H18N4OS2. The molecule has 0 saturated carbocycles. The van der Waals surface area contributed by atoms with Crippen LogP contribution in [0.2, 0.25) is 0 Å². The van der Waals surface area contributed by atoms with Gasteiger partial charge in [0.25, 0.3) is 0 Å². The highest BCUT2D eigenvalue weighted by molar-refractivity contribution is 7.99. The Morgan fingerprint density at radius 2 is 2.45 bits per heavy atom. The van der Waals surface area contributed by atoms with Crippen molar-refractivity contribution in [2.24, 2.45) is 0 Å². The lowest BCUT2D eigenvalue weighted by Crippen LogP contribution is -2.25. The molecule has 0 aliphatic heterocycles. The fourth-order valence-corrected chi connectivity index (χ4v) is 3.11. The van der Waals surface area contributed by atoms with E-state index in [0.717, 1.165) is 31.1 Å². The Hall–Kier alpha value is -1.34. The van der Waals surface area contributed by atoms with Crippen LogP contribution in [0, 0.1) is 0 Å². The summed E-state index contributed by atoms with van der Waals surface area (Å²) in [5.41, 5.74) is 0. The molecule has 1 amide bonds. The SMILES string of the molecule is CCCNC(=O)CSc1nncn1CCc1cccs1. The Morgan fingerprint density at radius 1 is 1.55 bits per heavy atom. The van der Waals surface area contributed by atoms with E-state index in [1.807, 2.05) is 11.5 Å². The molecule has 1 N–H and O–H groups in total. The molecule has 0 spiro atoms. The molecule has 2 rings (SSSR count). The summed E-state index contributed by atoms with van der Waals surface area (Å²) in [6.45, 7) is 3.60. The van der Waals surface area contributed by atoms with Crippen molar-refractivity contribution in [2.75, 3.05) is 12.3 Å². The van der Waals surface area contributed by atoms with E-state index in [1.54, 1.807) is 17.7 Å². The van der Waals surface area contributed by atoms with Crippen LogP contribution in [0.1, 0.15) is 18.2 Å². The maximum absolute atomic E-state index is 11.6. The van der Waals surface area contributed by atoms with Crippen molar-refractivity contribution in [3.63, 3.8) is 0 Å². The van der Waals surface area contributed by atoms with E-state index in [1.165, 1.54) is 16.6 Å². The largest absolute Gasteiger partial charge is 0.355 e. The predicted molar refractivity (Wildman–Crippen MR) is 82.1 cm³/mol. The van der Waals surface area contributed by atoms with Crippen LogP contribution in [0.25, 0.3) is 0 Å². The van der Waals surface area contributed by atoms with Gasteiger partial charge in [-0.3, -0.25) is 4.79 Å². The molecule has 20 heavy (non-hydrogen) atoms. The topological polar surface area (TPSA) is 59.8 Å². The van der Waals surface area contributed by atoms with Crippen molar-refractivity contribution in [3.8, 4) is 0 Å². The van der Waals surface area contributed by atoms with Gasteiger partial charge in [-0.2, -0.15) is 0 Å². The van der Waals surface area contributed by atoms with Gasteiger partial charge in [0.15, 0.2) is 5.16 Å². The van der Waals surface area contributed by atoms with E-state index >= 15 is 0 Å². The lowest BCUT2D eigenvalue weighted by atomic mass is 10.3. The number of nitrogens with zero attached hydrogens (tertiary/aromatic N) is 3. The second kappa shape index (κ2) is 8.06. The first-order valence-electron chi connectivity index (χ1n) is 6.59. The van der Waals surface area contributed by atoms with Crippen LogP contribution >= 0.6 is 23.1 Å². The van der Waals surface area contributed by atoms with Crippen molar-refractivity contribution < 1.29 is 4.79 Å². The van der Waals surface area contributed by atoms with Crippen LogP contribution in [0.3, 0.4) is 0 Å². The summed E-state index contributed by atoms with van der Waals surface area (Å²) in [7, 11) is 0. The molecule has 2 heterocycles. The lowest BCUT2D eigenvalue weighted by Gasteiger charge is -2.05. The van der Waals surface area contributed by atoms with Crippen molar-refractivity contribution in [1.82, 2.24) is 20.1 Å². The molecule has 2 aromatic rings. The number of carbonyl (C=O) groups is 1. The van der Waals surface area contributed by atoms with Gasteiger partial charge in [0.1, 0.15) is 6.33 Å². The minimum absolute atomic E-state index is 0.0460. The molecule has 0 fully saturated rings. The molecule has 0 bridgehead atoms.